The van der Waals surface area contributed by atoms with Crippen molar-refractivity contribution in [3.05, 3.63) is 82.3 Å². The molecule has 0 saturated carbocycles. The Balaban J connectivity index is 1.43. The first-order chi connectivity index (χ1) is 14.5. The molecule has 2 N–H and O–H groups in total. The molecule has 3 aromatic carbocycles. The van der Waals surface area contributed by atoms with Crippen LogP contribution in [-0.4, -0.2) is 28.5 Å². The van der Waals surface area contributed by atoms with Crippen LogP contribution in [0.3, 0.4) is 0 Å². The van der Waals surface area contributed by atoms with Crippen LogP contribution in [0.25, 0.3) is 22.4 Å². The van der Waals surface area contributed by atoms with Gasteiger partial charge in [0.05, 0.1) is 32.3 Å². The maximum Gasteiger partial charge on any atom is 0.338 e. The van der Waals surface area contributed by atoms with Gasteiger partial charge in [0.1, 0.15) is 5.82 Å². The molecule has 1 aromatic heterocycles. The number of halogens is 2. The quantitative estimate of drug-likeness (QED) is 0.411. The number of esters is 1. The van der Waals surface area contributed by atoms with Crippen molar-refractivity contribution in [1.29, 1.82) is 0 Å². The van der Waals surface area contributed by atoms with E-state index in [0.29, 0.717) is 27.6 Å². The van der Waals surface area contributed by atoms with Gasteiger partial charge in [-0.25, -0.2) is 9.78 Å². The molecule has 8 heteroatoms. The number of carbonyl (C=O) groups excluding carboxylic acids is 2. The van der Waals surface area contributed by atoms with Crippen molar-refractivity contribution in [3.63, 3.8) is 0 Å². The lowest BCUT2D eigenvalue weighted by atomic mass is 10.2. The van der Waals surface area contributed by atoms with Crippen LogP contribution in [-0.2, 0) is 9.53 Å². The van der Waals surface area contributed by atoms with Gasteiger partial charge in [-0.2, -0.15) is 0 Å². The molecule has 1 amide bonds. The first-order valence-electron chi connectivity index (χ1n) is 8.97. The highest BCUT2D eigenvalue weighted by atomic mass is 35.5. The van der Waals surface area contributed by atoms with Crippen LogP contribution in [0.4, 0.5) is 5.69 Å². The van der Waals surface area contributed by atoms with Gasteiger partial charge in [0.25, 0.3) is 5.91 Å². The third kappa shape index (κ3) is 4.30. The number of carbonyl (C=O) groups is 2. The van der Waals surface area contributed by atoms with E-state index in [9.17, 15) is 9.59 Å². The molecule has 6 nitrogen and oxygen atoms in total. The number of ether oxygens (including phenoxy) is 1. The Kier molecular flexibility index (Phi) is 5.70. The molecular weight excluding hydrogens is 425 g/mol. The van der Waals surface area contributed by atoms with Crippen molar-refractivity contribution in [1.82, 2.24) is 9.97 Å². The van der Waals surface area contributed by atoms with Gasteiger partial charge in [-0.3, -0.25) is 4.79 Å². The van der Waals surface area contributed by atoms with Crippen LogP contribution in [0.15, 0.2) is 66.7 Å². The van der Waals surface area contributed by atoms with Crippen LogP contribution in [0, 0.1) is 0 Å². The molecule has 0 aliphatic rings. The number of benzene rings is 3. The van der Waals surface area contributed by atoms with Gasteiger partial charge in [-0.1, -0.05) is 59.6 Å². The van der Waals surface area contributed by atoms with Crippen molar-refractivity contribution >= 4 is 51.8 Å². The molecule has 0 spiro atoms. The van der Waals surface area contributed by atoms with Crippen LogP contribution in [0.5, 0.6) is 0 Å². The first kappa shape index (κ1) is 19.9. The van der Waals surface area contributed by atoms with E-state index in [4.69, 9.17) is 27.9 Å². The topological polar surface area (TPSA) is 84.1 Å². The Bertz CT molecular complexity index is 1240. The molecule has 1 heterocycles. The molecule has 150 valence electrons. The molecular formula is C22H15Cl2N3O3. The number of nitrogens with one attached hydrogen (secondary N) is 2. The number of aromatic nitrogens is 2. The fourth-order valence-electron chi connectivity index (χ4n) is 2.87. The van der Waals surface area contributed by atoms with E-state index in [1.807, 2.05) is 30.3 Å². The van der Waals surface area contributed by atoms with Gasteiger partial charge in [0, 0.05) is 5.56 Å². The van der Waals surface area contributed by atoms with E-state index in [1.165, 1.54) is 0 Å². The van der Waals surface area contributed by atoms with Crippen LogP contribution >= 0.6 is 23.2 Å². The van der Waals surface area contributed by atoms with Crippen LogP contribution < -0.4 is 5.32 Å². The predicted molar refractivity (Wildman–Crippen MR) is 117 cm³/mol. The first-order valence-corrected chi connectivity index (χ1v) is 9.73. The SMILES string of the molecule is O=C(COC(=O)c1ccc2nc(-c3ccccc3)[nH]c2c1)Nc1cccc(Cl)c1Cl. The normalized spacial score (nSPS) is 10.7. The smallest absolute Gasteiger partial charge is 0.338 e. The lowest BCUT2D eigenvalue weighted by Crippen LogP contribution is -2.21. The number of rotatable bonds is 5. The highest BCUT2D eigenvalue weighted by molar-refractivity contribution is 6.44. The number of hydrogen-bond acceptors (Lipinski definition) is 4. The number of fused-ring (bicyclic) bond motifs is 1. The molecule has 0 atom stereocenters. The molecule has 4 aromatic rings. The molecule has 0 bridgehead atoms. The molecule has 0 unspecified atom stereocenters. The van der Waals surface area contributed by atoms with E-state index in [2.05, 4.69) is 15.3 Å². The highest BCUT2D eigenvalue weighted by Gasteiger charge is 2.14. The third-order valence-electron chi connectivity index (χ3n) is 4.32. The number of aromatic amines is 1. The van der Waals surface area contributed by atoms with Gasteiger partial charge in [-0.05, 0) is 30.3 Å². The predicted octanol–water partition coefficient (Wildman–Crippen LogP) is 5.33. The maximum atomic E-state index is 12.4. The fraction of sp³-hybridized carbons (Fsp3) is 0.0455. The Morgan fingerprint density at radius 1 is 1.00 bits per heavy atom. The van der Waals surface area contributed by atoms with E-state index < -0.39 is 18.5 Å². The Morgan fingerprint density at radius 3 is 2.60 bits per heavy atom. The summed E-state index contributed by atoms with van der Waals surface area (Å²) in [5, 5.41) is 3.09. The average Bonchev–Trinajstić information content (AvgIpc) is 3.19. The van der Waals surface area contributed by atoms with Crippen molar-refractivity contribution in [2.45, 2.75) is 0 Å². The number of nitrogens with zero attached hydrogens (tertiary/aromatic N) is 1. The summed E-state index contributed by atoms with van der Waals surface area (Å²) >= 11 is 12.0. The minimum absolute atomic E-state index is 0.220. The fourth-order valence-corrected chi connectivity index (χ4v) is 3.22. The van der Waals surface area contributed by atoms with Gasteiger partial charge in [-0.15, -0.1) is 0 Å². The number of amides is 1. The third-order valence-corrected chi connectivity index (χ3v) is 5.14. The van der Waals surface area contributed by atoms with Crippen LogP contribution in [0.2, 0.25) is 10.0 Å². The number of hydrogen-bond donors (Lipinski definition) is 2. The average molecular weight is 440 g/mol. The molecule has 0 fully saturated rings. The maximum absolute atomic E-state index is 12.4. The Morgan fingerprint density at radius 2 is 1.80 bits per heavy atom. The molecule has 0 radical (unpaired) electrons. The van der Waals surface area contributed by atoms with E-state index in [0.717, 1.165) is 11.1 Å². The van der Waals surface area contributed by atoms with Crippen LogP contribution in [0.1, 0.15) is 10.4 Å². The lowest BCUT2D eigenvalue weighted by molar-refractivity contribution is -0.119. The standard InChI is InChI=1S/C22H15Cl2N3O3/c23-15-7-4-8-17(20(15)24)25-19(28)12-30-22(29)14-9-10-16-18(11-14)27-21(26-16)13-5-2-1-3-6-13/h1-11H,12H2,(H,25,28)(H,26,27). The summed E-state index contributed by atoms with van der Waals surface area (Å²) in [5.74, 6) is -0.449. The van der Waals surface area contributed by atoms with Gasteiger partial charge < -0.3 is 15.0 Å². The summed E-state index contributed by atoms with van der Waals surface area (Å²) in [6.45, 7) is -0.460. The Labute approximate surface area is 181 Å². The summed E-state index contributed by atoms with van der Waals surface area (Å²) in [6.07, 6.45) is 0. The second-order valence-corrected chi connectivity index (χ2v) is 7.19. The molecule has 0 aliphatic carbocycles. The zero-order valence-corrected chi connectivity index (χ0v) is 17.0. The second kappa shape index (κ2) is 8.57. The van der Waals surface area contributed by atoms with Gasteiger partial charge in [0.2, 0.25) is 0 Å². The van der Waals surface area contributed by atoms with Gasteiger partial charge in [0.15, 0.2) is 6.61 Å². The van der Waals surface area contributed by atoms with Crippen molar-refractivity contribution in [2.75, 3.05) is 11.9 Å². The number of H-pyrrole nitrogens is 1. The minimum atomic E-state index is -0.625. The summed E-state index contributed by atoms with van der Waals surface area (Å²) in [5.41, 5.74) is 3.00. The van der Waals surface area contributed by atoms with E-state index in [-0.39, 0.29) is 5.02 Å². The van der Waals surface area contributed by atoms with Crippen molar-refractivity contribution in [2.24, 2.45) is 0 Å². The van der Waals surface area contributed by atoms with Crippen molar-refractivity contribution < 1.29 is 14.3 Å². The zero-order chi connectivity index (χ0) is 21.1. The molecule has 0 aliphatic heterocycles. The summed E-state index contributed by atoms with van der Waals surface area (Å²) < 4.78 is 5.11. The lowest BCUT2D eigenvalue weighted by Gasteiger charge is -2.09. The monoisotopic (exact) mass is 439 g/mol. The second-order valence-electron chi connectivity index (χ2n) is 6.41. The largest absolute Gasteiger partial charge is 0.452 e. The van der Waals surface area contributed by atoms with Gasteiger partial charge >= 0.3 is 5.97 Å². The summed E-state index contributed by atoms with van der Waals surface area (Å²) in [6, 6.07) is 19.5. The Hall–Kier alpha value is -3.35. The zero-order valence-electron chi connectivity index (χ0n) is 15.5. The number of anilines is 1. The molecule has 0 saturated heterocycles. The van der Waals surface area contributed by atoms with E-state index >= 15 is 0 Å². The van der Waals surface area contributed by atoms with Crippen molar-refractivity contribution in [3.8, 4) is 11.4 Å². The highest BCUT2D eigenvalue weighted by Crippen LogP contribution is 2.29. The molecule has 30 heavy (non-hydrogen) atoms. The summed E-state index contributed by atoms with van der Waals surface area (Å²) in [7, 11) is 0. The molecule has 4 rings (SSSR count). The van der Waals surface area contributed by atoms with E-state index in [1.54, 1.807) is 36.4 Å². The minimum Gasteiger partial charge on any atom is -0.452 e. The summed E-state index contributed by atoms with van der Waals surface area (Å²) in [4.78, 5) is 32.2. The number of imidazole rings is 1.